The molecule has 0 N–H and O–H groups in total. The molecule has 7 heteroatoms. The van der Waals surface area contributed by atoms with Crippen LogP contribution in [0.1, 0.15) is 18.4 Å². The molecule has 0 atom stereocenters. The van der Waals surface area contributed by atoms with Gasteiger partial charge in [0.15, 0.2) is 0 Å². The maximum absolute atomic E-state index is 12.1. The molecule has 0 bridgehead atoms. The molecule has 1 fully saturated rings. The highest BCUT2D eigenvalue weighted by Gasteiger charge is 2.21. The Morgan fingerprint density at radius 1 is 1.43 bits per heavy atom. The van der Waals surface area contributed by atoms with Crippen LogP contribution in [0.4, 0.5) is 5.69 Å². The largest absolute Gasteiger partial charge is 0.338 e. The molecule has 0 spiro atoms. The number of likely N-dealkylation sites (tertiary alicyclic amines) is 1. The Hall–Kier alpha value is -2.39. The van der Waals surface area contributed by atoms with Crippen LogP contribution in [0.2, 0.25) is 5.02 Å². The minimum absolute atomic E-state index is 0.0153. The molecule has 1 saturated heterocycles. The Morgan fingerprint density at radius 3 is 2.67 bits per heavy atom. The van der Waals surface area contributed by atoms with Crippen LogP contribution in [-0.2, 0) is 4.79 Å². The fraction of sp³-hybridized carbons (Fsp3) is 0.286. The molecular formula is C14H12ClN3O3. The molecule has 21 heavy (non-hydrogen) atoms. The van der Waals surface area contributed by atoms with Crippen molar-refractivity contribution in [3.05, 3.63) is 44.5 Å². The van der Waals surface area contributed by atoms with E-state index in [2.05, 4.69) is 0 Å². The van der Waals surface area contributed by atoms with E-state index in [-0.39, 0.29) is 22.2 Å². The standard InChI is InChI=1S/C14H12ClN3O3/c15-12-4-3-10(8-13(12)18(20)21)7-11(9-16)14(19)17-5-1-2-6-17/h3-4,7-8H,1-2,5-6H2/b11-7+. The highest BCUT2D eigenvalue weighted by atomic mass is 35.5. The minimum atomic E-state index is -0.603. The lowest BCUT2D eigenvalue weighted by atomic mass is 10.1. The van der Waals surface area contributed by atoms with E-state index in [9.17, 15) is 14.9 Å². The van der Waals surface area contributed by atoms with Gasteiger partial charge in [0.1, 0.15) is 16.7 Å². The average molecular weight is 306 g/mol. The van der Waals surface area contributed by atoms with Gasteiger partial charge in [-0.2, -0.15) is 5.26 Å². The van der Waals surface area contributed by atoms with Crippen molar-refractivity contribution in [3.63, 3.8) is 0 Å². The quantitative estimate of drug-likeness (QED) is 0.372. The lowest BCUT2D eigenvalue weighted by Gasteiger charge is -2.14. The number of nitrogens with zero attached hydrogens (tertiary/aromatic N) is 3. The first-order chi connectivity index (χ1) is 10.0. The van der Waals surface area contributed by atoms with Crippen molar-refractivity contribution in [2.75, 3.05) is 13.1 Å². The molecule has 108 valence electrons. The molecule has 0 unspecified atom stereocenters. The molecule has 1 heterocycles. The fourth-order valence-corrected chi connectivity index (χ4v) is 2.35. The first-order valence-electron chi connectivity index (χ1n) is 6.38. The highest BCUT2D eigenvalue weighted by molar-refractivity contribution is 6.32. The predicted molar refractivity (Wildman–Crippen MR) is 77.5 cm³/mol. The van der Waals surface area contributed by atoms with Crippen LogP contribution in [0.3, 0.4) is 0 Å². The molecule has 1 aliphatic heterocycles. The van der Waals surface area contributed by atoms with E-state index in [0.29, 0.717) is 18.7 Å². The molecule has 0 radical (unpaired) electrons. The third-order valence-corrected chi connectivity index (χ3v) is 3.54. The third-order valence-electron chi connectivity index (χ3n) is 3.22. The van der Waals surface area contributed by atoms with Gasteiger partial charge in [-0.3, -0.25) is 14.9 Å². The number of hydrogen-bond donors (Lipinski definition) is 0. The molecule has 0 aliphatic carbocycles. The SMILES string of the molecule is N#C/C(=C\c1ccc(Cl)c([N+](=O)[O-])c1)C(=O)N1CCCC1. The van der Waals surface area contributed by atoms with Crippen LogP contribution >= 0.6 is 11.6 Å². The summed E-state index contributed by atoms with van der Waals surface area (Å²) in [5.74, 6) is -0.340. The van der Waals surface area contributed by atoms with Gasteiger partial charge < -0.3 is 4.90 Å². The van der Waals surface area contributed by atoms with Crippen LogP contribution in [0.25, 0.3) is 6.08 Å². The zero-order valence-corrected chi connectivity index (χ0v) is 11.8. The molecule has 1 aromatic carbocycles. The summed E-state index contributed by atoms with van der Waals surface area (Å²) in [7, 11) is 0. The Balaban J connectivity index is 2.32. The van der Waals surface area contributed by atoms with Gasteiger partial charge >= 0.3 is 0 Å². The summed E-state index contributed by atoms with van der Waals surface area (Å²) in [5, 5.41) is 20.0. The van der Waals surface area contributed by atoms with Gasteiger partial charge in [-0.05, 0) is 30.5 Å². The van der Waals surface area contributed by atoms with Crippen LogP contribution in [-0.4, -0.2) is 28.8 Å². The van der Waals surface area contributed by atoms with Crippen molar-refractivity contribution >= 4 is 29.3 Å². The number of halogens is 1. The molecule has 1 amide bonds. The van der Waals surface area contributed by atoms with Gasteiger partial charge in [0, 0.05) is 19.2 Å². The van der Waals surface area contributed by atoms with E-state index in [1.807, 2.05) is 6.07 Å². The van der Waals surface area contributed by atoms with Gasteiger partial charge in [0.25, 0.3) is 11.6 Å². The van der Waals surface area contributed by atoms with Crippen molar-refractivity contribution in [2.45, 2.75) is 12.8 Å². The van der Waals surface area contributed by atoms with Crippen LogP contribution in [0, 0.1) is 21.4 Å². The maximum atomic E-state index is 12.1. The predicted octanol–water partition coefficient (Wildman–Crippen LogP) is 2.78. The smallest absolute Gasteiger partial charge is 0.288 e. The number of hydrogen-bond acceptors (Lipinski definition) is 4. The second-order valence-corrected chi connectivity index (χ2v) is 5.04. The van der Waals surface area contributed by atoms with E-state index in [0.717, 1.165) is 12.8 Å². The first-order valence-corrected chi connectivity index (χ1v) is 6.75. The van der Waals surface area contributed by atoms with E-state index < -0.39 is 4.92 Å². The number of carbonyl (C=O) groups excluding carboxylic acids is 1. The van der Waals surface area contributed by atoms with Crippen molar-refractivity contribution in [2.24, 2.45) is 0 Å². The number of carbonyl (C=O) groups is 1. The summed E-state index contributed by atoms with van der Waals surface area (Å²) in [6.45, 7) is 1.28. The summed E-state index contributed by atoms with van der Waals surface area (Å²) in [6.07, 6.45) is 3.21. The van der Waals surface area contributed by atoms with Gasteiger partial charge in [-0.15, -0.1) is 0 Å². The summed E-state index contributed by atoms with van der Waals surface area (Å²) in [6, 6.07) is 6.01. The fourth-order valence-electron chi connectivity index (χ4n) is 2.16. The number of nitro benzene ring substituents is 1. The zero-order valence-electron chi connectivity index (χ0n) is 11.1. The van der Waals surface area contributed by atoms with E-state index in [1.54, 1.807) is 4.90 Å². The molecule has 6 nitrogen and oxygen atoms in total. The molecule has 0 saturated carbocycles. The van der Waals surface area contributed by atoms with Crippen LogP contribution in [0.15, 0.2) is 23.8 Å². The summed E-state index contributed by atoms with van der Waals surface area (Å²) in [5.41, 5.74) is 0.111. The van der Waals surface area contributed by atoms with Crippen molar-refractivity contribution < 1.29 is 9.72 Å². The molecule has 0 aromatic heterocycles. The molecular weight excluding hydrogens is 294 g/mol. The monoisotopic (exact) mass is 305 g/mol. The molecule has 1 aromatic rings. The minimum Gasteiger partial charge on any atom is -0.338 e. The highest BCUT2D eigenvalue weighted by Crippen LogP contribution is 2.26. The average Bonchev–Trinajstić information content (AvgIpc) is 2.99. The number of rotatable bonds is 3. The zero-order chi connectivity index (χ0) is 15.4. The van der Waals surface area contributed by atoms with Crippen molar-refractivity contribution in [1.82, 2.24) is 4.90 Å². The number of nitriles is 1. The van der Waals surface area contributed by atoms with E-state index >= 15 is 0 Å². The topological polar surface area (TPSA) is 87.2 Å². The maximum Gasteiger partial charge on any atom is 0.288 e. The Bertz CT molecular complexity index is 658. The lowest BCUT2D eigenvalue weighted by molar-refractivity contribution is -0.384. The van der Waals surface area contributed by atoms with Crippen molar-refractivity contribution in [1.29, 1.82) is 5.26 Å². The summed E-state index contributed by atoms with van der Waals surface area (Å²) < 4.78 is 0. The number of amides is 1. The van der Waals surface area contributed by atoms with Gasteiger partial charge in [0.05, 0.1) is 4.92 Å². The van der Waals surface area contributed by atoms with Gasteiger partial charge in [-0.1, -0.05) is 17.7 Å². The molecule has 2 rings (SSSR count). The third kappa shape index (κ3) is 3.38. The normalized spacial score (nSPS) is 14.9. The molecule has 1 aliphatic rings. The number of benzene rings is 1. The Morgan fingerprint density at radius 2 is 2.10 bits per heavy atom. The van der Waals surface area contributed by atoms with E-state index in [4.69, 9.17) is 16.9 Å². The number of nitro groups is 1. The second kappa shape index (κ2) is 6.37. The van der Waals surface area contributed by atoms with E-state index in [1.165, 1.54) is 24.3 Å². The first kappa shape index (κ1) is 15.0. The van der Waals surface area contributed by atoms with Gasteiger partial charge in [-0.25, -0.2) is 0 Å². The summed E-state index contributed by atoms with van der Waals surface area (Å²) >= 11 is 5.73. The van der Waals surface area contributed by atoms with Gasteiger partial charge in [0.2, 0.25) is 0 Å². The van der Waals surface area contributed by atoms with Crippen LogP contribution in [0.5, 0.6) is 0 Å². The van der Waals surface area contributed by atoms with Crippen LogP contribution < -0.4 is 0 Å². The summed E-state index contributed by atoms with van der Waals surface area (Å²) in [4.78, 5) is 24.0. The lowest BCUT2D eigenvalue weighted by Crippen LogP contribution is -2.28. The second-order valence-electron chi connectivity index (χ2n) is 4.64. The Labute approximate surface area is 126 Å². The van der Waals surface area contributed by atoms with Crippen molar-refractivity contribution in [3.8, 4) is 6.07 Å². The Kier molecular flexibility index (Phi) is 4.55.